The van der Waals surface area contributed by atoms with E-state index in [-0.39, 0.29) is 18.4 Å². The molecule has 3 aromatic carbocycles. The van der Waals surface area contributed by atoms with Gasteiger partial charge >= 0.3 is 0 Å². The lowest BCUT2D eigenvalue weighted by molar-refractivity contribution is -0.118. The fourth-order valence-electron chi connectivity index (χ4n) is 2.77. The Kier molecular flexibility index (Phi) is 7.33. The van der Waals surface area contributed by atoms with Crippen LogP contribution in [0.4, 0.5) is 11.4 Å². The van der Waals surface area contributed by atoms with E-state index in [9.17, 15) is 9.59 Å². The van der Waals surface area contributed by atoms with E-state index in [4.69, 9.17) is 27.9 Å². The largest absolute Gasteiger partial charge is 0.484 e. The molecule has 0 aliphatic rings. The third-order valence-corrected chi connectivity index (χ3v) is 5.08. The number of para-hydroxylation sites is 1. The van der Waals surface area contributed by atoms with Crippen LogP contribution in [0.2, 0.25) is 10.0 Å². The molecule has 3 aromatic rings. The summed E-state index contributed by atoms with van der Waals surface area (Å²) in [5, 5.41) is 6.36. The fourth-order valence-corrected chi connectivity index (χ4v) is 3.07. The van der Waals surface area contributed by atoms with Gasteiger partial charge in [-0.3, -0.25) is 9.59 Å². The number of amides is 2. The second kappa shape index (κ2) is 10.1. The van der Waals surface area contributed by atoms with E-state index in [1.165, 1.54) is 0 Å². The van der Waals surface area contributed by atoms with Crippen LogP contribution in [0.25, 0.3) is 0 Å². The Morgan fingerprint density at radius 1 is 0.900 bits per heavy atom. The molecule has 0 aliphatic carbocycles. The molecule has 7 heteroatoms. The molecule has 5 nitrogen and oxygen atoms in total. The minimum atomic E-state index is -0.341. The van der Waals surface area contributed by atoms with Crippen LogP contribution in [0, 0.1) is 0 Å². The van der Waals surface area contributed by atoms with Gasteiger partial charge in [0, 0.05) is 16.9 Å². The Morgan fingerprint density at radius 3 is 2.33 bits per heavy atom. The molecule has 0 atom stereocenters. The summed E-state index contributed by atoms with van der Waals surface area (Å²) in [6, 6.07) is 19.1. The average molecular weight is 443 g/mol. The molecule has 0 spiro atoms. The summed E-state index contributed by atoms with van der Waals surface area (Å²) >= 11 is 11.8. The molecule has 30 heavy (non-hydrogen) atoms. The molecule has 0 bridgehead atoms. The molecule has 2 N–H and O–H groups in total. The summed E-state index contributed by atoms with van der Waals surface area (Å²) in [5.74, 6) is -0.0732. The third-order valence-electron chi connectivity index (χ3n) is 4.34. The lowest BCUT2D eigenvalue weighted by Gasteiger charge is -2.11. The van der Waals surface area contributed by atoms with Crippen molar-refractivity contribution < 1.29 is 14.3 Å². The molecule has 0 saturated heterocycles. The first-order valence-electron chi connectivity index (χ1n) is 9.33. The van der Waals surface area contributed by atoms with Crippen LogP contribution in [0.15, 0.2) is 66.7 Å². The maximum atomic E-state index is 12.5. The van der Waals surface area contributed by atoms with Gasteiger partial charge in [-0.25, -0.2) is 0 Å². The van der Waals surface area contributed by atoms with Gasteiger partial charge in [-0.15, -0.1) is 0 Å². The van der Waals surface area contributed by atoms with E-state index >= 15 is 0 Å². The maximum Gasteiger partial charge on any atom is 0.262 e. The summed E-state index contributed by atoms with van der Waals surface area (Å²) < 4.78 is 5.48. The number of carbonyl (C=O) groups excluding carboxylic acids is 2. The van der Waals surface area contributed by atoms with Crippen molar-refractivity contribution in [3.8, 4) is 5.75 Å². The van der Waals surface area contributed by atoms with Gasteiger partial charge in [0.2, 0.25) is 0 Å². The van der Waals surface area contributed by atoms with Crippen molar-refractivity contribution in [1.29, 1.82) is 0 Å². The molecule has 2 amide bonds. The standard InChI is InChI=1S/C23H20Cl2N2O3/c1-2-15-5-3-4-6-21(15)27-23(29)16-7-10-18(11-8-16)30-14-22(28)26-17-9-12-19(24)20(25)13-17/h3-13H,2,14H2,1H3,(H,26,28)(H,27,29). The van der Waals surface area contributed by atoms with Crippen molar-refractivity contribution in [3.05, 3.63) is 87.9 Å². The highest BCUT2D eigenvalue weighted by molar-refractivity contribution is 6.42. The number of hydrogen-bond acceptors (Lipinski definition) is 3. The van der Waals surface area contributed by atoms with Gasteiger partial charge in [-0.1, -0.05) is 48.3 Å². The second-order valence-electron chi connectivity index (χ2n) is 6.45. The summed E-state index contributed by atoms with van der Waals surface area (Å²) in [6.07, 6.45) is 0.827. The Bertz CT molecular complexity index is 1050. The SMILES string of the molecule is CCc1ccccc1NC(=O)c1ccc(OCC(=O)Nc2ccc(Cl)c(Cl)c2)cc1. The molecule has 0 unspecified atom stereocenters. The predicted molar refractivity (Wildman–Crippen MR) is 121 cm³/mol. The van der Waals surface area contributed by atoms with E-state index < -0.39 is 0 Å². The molecule has 0 saturated carbocycles. The van der Waals surface area contributed by atoms with E-state index in [0.717, 1.165) is 17.7 Å². The zero-order valence-corrected chi connectivity index (χ0v) is 17.8. The highest BCUT2D eigenvalue weighted by Gasteiger charge is 2.10. The van der Waals surface area contributed by atoms with Crippen LogP contribution < -0.4 is 15.4 Å². The number of nitrogens with one attached hydrogen (secondary N) is 2. The average Bonchev–Trinajstić information content (AvgIpc) is 2.75. The number of rotatable bonds is 7. The Labute approximate surface area is 185 Å². The van der Waals surface area contributed by atoms with Crippen LogP contribution >= 0.6 is 23.2 Å². The maximum absolute atomic E-state index is 12.5. The number of anilines is 2. The van der Waals surface area contributed by atoms with Crippen LogP contribution in [-0.4, -0.2) is 18.4 Å². The predicted octanol–water partition coefficient (Wildman–Crippen LogP) is 5.83. The van der Waals surface area contributed by atoms with Gasteiger partial charge in [-0.05, 0) is 60.5 Å². The van der Waals surface area contributed by atoms with E-state index in [2.05, 4.69) is 10.6 Å². The number of hydrogen-bond donors (Lipinski definition) is 2. The number of ether oxygens (including phenoxy) is 1. The van der Waals surface area contributed by atoms with E-state index in [1.807, 2.05) is 31.2 Å². The zero-order valence-electron chi connectivity index (χ0n) is 16.2. The number of carbonyl (C=O) groups is 2. The van der Waals surface area contributed by atoms with Gasteiger partial charge in [0.15, 0.2) is 6.61 Å². The van der Waals surface area contributed by atoms with Crippen LogP contribution in [0.5, 0.6) is 5.75 Å². The number of halogens is 2. The van der Waals surface area contributed by atoms with E-state index in [1.54, 1.807) is 42.5 Å². The zero-order chi connectivity index (χ0) is 21.5. The monoisotopic (exact) mass is 442 g/mol. The van der Waals surface area contributed by atoms with E-state index in [0.29, 0.717) is 27.0 Å². The molecule has 0 fully saturated rings. The first-order chi connectivity index (χ1) is 14.5. The summed E-state index contributed by atoms with van der Waals surface area (Å²) in [7, 11) is 0. The van der Waals surface area contributed by atoms with Gasteiger partial charge in [-0.2, -0.15) is 0 Å². The first kappa shape index (κ1) is 21.7. The van der Waals surface area contributed by atoms with Gasteiger partial charge in [0.1, 0.15) is 5.75 Å². The molecule has 0 heterocycles. The van der Waals surface area contributed by atoms with Crippen molar-refractivity contribution in [2.75, 3.05) is 17.2 Å². The van der Waals surface area contributed by atoms with Crippen molar-refractivity contribution in [3.63, 3.8) is 0 Å². The number of benzene rings is 3. The van der Waals surface area contributed by atoms with Gasteiger partial charge in [0.25, 0.3) is 11.8 Å². The van der Waals surface area contributed by atoms with Gasteiger partial charge in [0.05, 0.1) is 10.0 Å². The first-order valence-corrected chi connectivity index (χ1v) is 10.1. The molecule has 0 aliphatic heterocycles. The number of aryl methyl sites for hydroxylation is 1. The summed E-state index contributed by atoms with van der Waals surface area (Å²) in [6.45, 7) is 1.85. The molecule has 0 aromatic heterocycles. The van der Waals surface area contributed by atoms with Gasteiger partial charge < -0.3 is 15.4 Å². The minimum Gasteiger partial charge on any atom is -0.484 e. The lowest BCUT2D eigenvalue weighted by Crippen LogP contribution is -2.20. The minimum absolute atomic E-state index is 0.185. The second-order valence-corrected chi connectivity index (χ2v) is 7.27. The molecule has 0 radical (unpaired) electrons. The smallest absolute Gasteiger partial charge is 0.262 e. The normalized spacial score (nSPS) is 10.4. The van der Waals surface area contributed by atoms with Crippen LogP contribution in [0.1, 0.15) is 22.8 Å². The Hall–Kier alpha value is -3.02. The van der Waals surface area contributed by atoms with Crippen LogP contribution in [0.3, 0.4) is 0 Å². The van der Waals surface area contributed by atoms with Crippen molar-refractivity contribution in [1.82, 2.24) is 0 Å². The Balaban J connectivity index is 1.54. The lowest BCUT2D eigenvalue weighted by atomic mass is 10.1. The molecular weight excluding hydrogens is 423 g/mol. The highest BCUT2D eigenvalue weighted by Crippen LogP contribution is 2.25. The molecular formula is C23H20Cl2N2O3. The topological polar surface area (TPSA) is 67.4 Å². The Morgan fingerprint density at radius 2 is 1.63 bits per heavy atom. The quantitative estimate of drug-likeness (QED) is 0.483. The van der Waals surface area contributed by atoms with Crippen molar-refractivity contribution in [2.24, 2.45) is 0 Å². The van der Waals surface area contributed by atoms with Crippen molar-refractivity contribution in [2.45, 2.75) is 13.3 Å². The fraction of sp³-hybridized carbons (Fsp3) is 0.130. The third kappa shape index (κ3) is 5.75. The highest BCUT2D eigenvalue weighted by atomic mass is 35.5. The summed E-state index contributed by atoms with van der Waals surface area (Å²) in [4.78, 5) is 24.5. The van der Waals surface area contributed by atoms with Crippen LogP contribution in [-0.2, 0) is 11.2 Å². The van der Waals surface area contributed by atoms with Crippen molar-refractivity contribution >= 4 is 46.4 Å². The summed E-state index contributed by atoms with van der Waals surface area (Å²) in [5.41, 5.74) is 2.88. The molecule has 3 rings (SSSR count). The molecule has 154 valence electrons.